The molecular weight excluding hydrogens is 309 g/mol. The fourth-order valence-corrected chi connectivity index (χ4v) is 2.60. The summed E-state index contributed by atoms with van der Waals surface area (Å²) in [6.07, 6.45) is 0.685. The lowest BCUT2D eigenvalue weighted by molar-refractivity contribution is -0.127. The van der Waals surface area contributed by atoms with Crippen molar-refractivity contribution in [1.29, 1.82) is 5.26 Å². The van der Waals surface area contributed by atoms with Gasteiger partial charge in [0.25, 0.3) is 0 Å². The Hall–Kier alpha value is -3.07. The fourth-order valence-electron chi connectivity index (χ4n) is 2.60. The molecule has 0 radical (unpaired) electrons. The largest absolute Gasteiger partial charge is 0.453 e. The van der Waals surface area contributed by atoms with Gasteiger partial charge in [-0.15, -0.1) is 0 Å². The van der Waals surface area contributed by atoms with E-state index in [4.69, 9.17) is 10.00 Å². The van der Waals surface area contributed by atoms with Crippen molar-refractivity contribution in [3.63, 3.8) is 0 Å². The number of likely N-dealkylation sites (N-methyl/N-ethyl adjacent to an activating group) is 1. The van der Waals surface area contributed by atoms with Crippen molar-refractivity contribution in [2.24, 2.45) is 0 Å². The molecule has 1 amide bonds. The number of carbonyl (C=O) groups is 1. The summed E-state index contributed by atoms with van der Waals surface area (Å²) in [7, 11) is 1.74. The van der Waals surface area contributed by atoms with Crippen LogP contribution in [-0.2, 0) is 4.79 Å². The lowest BCUT2D eigenvalue weighted by atomic mass is 10.2. The predicted molar refractivity (Wildman–Crippen MR) is 87.3 cm³/mol. The van der Waals surface area contributed by atoms with E-state index >= 15 is 0 Å². The number of rotatable bonds is 4. The van der Waals surface area contributed by atoms with Crippen LogP contribution in [0.25, 0.3) is 0 Å². The number of likely N-dealkylation sites (tertiary alicyclic amines) is 1. The van der Waals surface area contributed by atoms with Gasteiger partial charge in [-0.05, 0) is 30.7 Å². The minimum absolute atomic E-state index is 0.00122. The number of carbonyl (C=O) groups excluding carboxylic acids is 1. The van der Waals surface area contributed by atoms with Crippen molar-refractivity contribution in [2.45, 2.75) is 12.5 Å². The number of benzene rings is 2. The van der Waals surface area contributed by atoms with Crippen molar-refractivity contribution >= 4 is 11.6 Å². The summed E-state index contributed by atoms with van der Waals surface area (Å²) in [5.74, 6) is -0.240. The summed E-state index contributed by atoms with van der Waals surface area (Å²) in [6.45, 7) is 0.686. The first-order valence-corrected chi connectivity index (χ1v) is 7.56. The van der Waals surface area contributed by atoms with Crippen molar-refractivity contribution in [2.75, 3.05) is 18.9 Å². The minimum Gasteiger partial charge on any atom is -0.453 e. The number of para-hydroxylation sites is 1. The molecule has 6 heteroatoms. The average molecular weight is 325 g/mol. The zero-order valence-electron chi connectivity index (χ0n) is 13.1. The van der Waals surface area contributed by atoms with Gasteiger partial charge in [0.2, 0.25) is 5.91 Å². The van der Waals surface area contributed by atoms with Gasteiger partial charge < -0.3 is 15.0 Å². The molecule has 0 spiro atoms. The molecule has 1 atom stereocenters. The molecule has 24 heavy (non-hydrogen) atoms. The Labute approximate surface area is 139 Å². The van der Waals surface area contributed by atoms with E-state index in [0.717, 1.165) is 0 Å². The van der Waals surface area contributed by atoms with Gasteiger partial charge in [-0.2, -0.15) is 5.26 Å². The zero-order valence-corrected chi connectivity index (χ0v) is 13.1. The molecule has 1 unspecified atom stereocenters. The normalized spacial score (nSPS) is 16.8. The van der Waals surface area contributed by atoms with E-state index < -0.39 is 5.82 Å². The van der Waals surface area contributed by atoms with Crippen LogP contribution in [0.2, 0.25) is 0 Å². The molecule has 0 aromatic heterocycles. The van der Waals surface area contributed by atoms with Gasteiger partial charge in [0.05, 0.1) is 5.56 Å². The number of amides is 1. The second kappa shape index (κ2) is 6.59. The van der Waals surface area contributed by atoms with Crippen molar-refractivity contribution in [3.05, 3.63) is 53.8 Å². The van der Waals surface area contributed by atoms with E-state index in [-0.39, 0.29) is 17.7 Å². The lowest BCUT2D eigenvalue weighted by Gasteiger charge is -2.14. The number of nitrogens with zero attached hydrogens (tertiary/aromatic N) is 2. The first-order valence-electron chi connectivity index (χ1n) is 7.56. The first-order chi connectivity index (χ1) is 11.6. The Morgan fingerprint density at radius 2 is 2.08 bits per heavy atom. The quantitative estimate of drug-likeness (QED) is 0.938. The molecule has 5 nitrogen and oxygen atoms in total. The summed E-state index contributed by atoms with van der Waals surface area (Å²) in [5, 5.41) is 12.1. The highest BCUT2D eigenvalue weighted by Gasteiger charge is 2.28. The van der Waals surface area contributed by atoms with Gasteiger partial charge in [-0.3, -0.25) is 4.79 Å². The molecule has 2 aromatic carbocycles. The molecule has 1 N–H and O–H groups in total. The van der Waals surface area contributed by atoms with E-state index in [1.165, 1.54) is 12.1 Å². The maximum Gasteiger partial charge on any atom is 0.244 e. The number of anilines is 1. The second-order valence-corrected chi connectivity index (χ2v) is 5.60. The molecule has 2 aromatic rings. The lowest BCUT2D eigenvalue weighted by Crippen LogP contribution is -2.30. The molecule has 1 fully saturated rings. The van der Waals surface area contributed by atoms with Crippen molar-refractivity contribution in [3.8, 4) is 17.6 Å². The molecule has 122 valence electrons. The number of nitrogens with one attached hydrogen (secondary N) is 1. The smallest absolute Gasteiger partial charge is 0.244 e. The SMILES string of the molecule is CN1CCC(Nc2ccc(Oc3ccccc3C#N)c(F)c2)C1=O. The molecule has 0 aliphatic carbocycles. The first kappa shape index (κ1) is 15.8. The van der Waals surface area contributed by atoms with Crippen LogP contribution >= 0.6 is 0 Å². The predicted octanol–water partition coefficient (Wildman–Crippen LogP) is 3.13. The van der Waals surface area contributed by atoms with Crippen molar-refractivity contribution in [1.82, 2.24) is 4.90 Å². The topological polar surface area (TPSA) is 65.4 Å². The number of ether oxygens (including phenoxy) is 1. The molecule has 3 rings (SSSR count). The summed E-state index contributed by atoms with van der Waals surface area (Å²) in [6, 6.07) is 12.7. The monoisotopic (exact) mass is 325 g/mol. The van der Waals surface area contributed by atoms with Crippen LogP contribution in [0, 0.1) is 17.1 Å². The Balaban J connectivity index is 1.76. The van der Waals surface area contributed by atoms with Gasteiger partial charge in [-0.1, -0.05) is 12.1 Å². The van der Waals surface area contributed by atoms with Gasteiger partial charge >= 0.3 is 0 Å². The Kier molecular flexibility index (Phi) is 4.34. The van der Waals surface area contributed by atoms with Gasteiger partial charge in [0.1, 0.15) is 17.9 Å². The molecule has 0 saturated carbocycles. The van der Waals surface area contributed by atoms with Gasteiger partial charge in [0, 0.05) is 25.3 Å². The van der Waals surface area contributed by atoms with Crippen LogP contribution in [-0.4, -0.2) is 30.4 Å². The summed E-state index contributed by atoms with van der Waals surface area (Å²) >= 11 is 0. The second-order valence-electron chi connectivity index (χ2n) is 5.60. The maximum absolute atomic E-state index is 14.3. The molecule has 1 aliphatic rings. The molecule has 1 heterocycles. The minimum atomic E-state index is -0.563. The van der Waals surface area contributed by atoms with Crippen LogP contribution in [0.3, 0.4) is 0 Å². The number of halogens is 1. The molecule has 0 bridgehead atoms. The summed E-state index contributed by atoms with van der Waals surface area (Å²) < 4.78 is 19.8. The zero-order chi connectivity index (χ0) is 17.1. The van der Waals surface area contributed by atoms with Crippen molar-refractivity contribution < 1.29 is 13.9 Å². The van der Waals surface area contributed by atoms with Crippen LogP contribution in [0.5, 0.6) is 11.5 Å². The standard InChI is InChI=1S/C18H16FN3O2/c1-22-9-8-15(18(22)23)21-13-6-7-17(14(19)10-13)24-16-5-3-2-4-12(16)11-20/h2-7,10,15,21H,8-9H2,1H3. The Morgan fingerprint density at radius 3 is 2.75 bits per heavy atom. The molecule has 1 saturated heterocycles. The highest BCUT2D eigenvalue weighted by atomic mass is 19.1. The van der Waals surface area contributed by atoms with E-state index in [9.17, 15) is 9.18 Å². The number of hydrogen-bond donors (Lipinski definition) is 1. The fraction of sp³-hybridized carbons (Fsp3) is 0.222. The van der Waals surface area contributed by atoms with E-state index in [0.29, 0.717) is 30.0 Å². The van der Waals surface area contributed by atoms with E-state index in [1.54, 1.807) is 42.3 Å². The van der Waals surface area contributed by atoms with Crippen LogP contribution in [0.15, 0.2) is 42.5 Å². The van der Waals surface area contributed by atoms with Crippen LogP contribution in [0.4, 0.5) is 10.1 Å². The molecular formula is C18H16FN3O2. The third-order valence-corrected chi connectivity index (χ3v) is 3.93. The van der Waals surface area contributed by atoms with E-state index in [1.807, 2.05) is 6.07 Å². The average Bonchev–Trinajstić information content (AvgIpc) is 2.90. The van der Waals surface area contributed by atoms with E-state index in [2.05, 4.69) is 5.32 Å². The molecule has 1 aliphatic heterocycles. The Morgan fingerprint density at radius 1 is 1.29 bits per heavy atom. The maximum atomic E-state index is 14.3. The van der Waals surface area contributed by atoms with Crippen LogP contribution < -0.4 is 10.1 Å². The summed E-state index contributed by atoms with van der Waals surface area (Å²) in [5.41, 5.74) is 0.848. The van der Waals surface area contributed by atoms with Gasteiger partial charge in [-0.25, -0.2) is 4.39 Å². The number of hydrogen-bond acceptors (Lipinski definition) is 4. The third kappa shape index (κ3) is 3.15. The highest BCUT2D eigenvalue weighted by Crippen LogP contribution is 2.29. The highest BCUT2D eigenvalue weighted by molar-refractivity contribution is 5.86. The summed E-state index contributed by atoms with van der Waals surface area (Å²) in [4.78, 5) is 13.5. The van der Waals surface area contributed by atoms with Crippen LogP contribution in [0.1, 0.15) is 12.0 Å². The number of nitriles is 1. The third-order valence-electron chi connectivity index (χ3n) is 3.93. The Bertz CT molecular complexity index is 816. The van der Waals surface area contributed by atoms with Gasteiger partial charge in [0.15, 0.2) is 11.6 Å².